The Morgan fingerprint density at radius 1 is 0.733 bits per heavy atom. The van der Waals surface area contributed by atoms with Crippen LogP contribution in [0.4, 0.5) is 13.2 Å². The highest BCUT2D eigenvalue weighted by atomic mass is 19.1. The van der Waals surface area contributed by atoms with Crippen molar-refractivity contribution < 1.29 is 17.7 Å². The van der Waals surface area contributed by atoms with Crippen molar-refractivity contribution in [2.24, 2.45) is 0 Å². The molecule has 5 aromatic rings. The van der Waals surface area contributed by atoms with Crippen molar-refractivity contribution in [3.63, 3.8) is 0 Å². The Labute approximate surface area is 168 Å². The third-order valence-corrected chi connectivity index (χ3v) is 4.70. The highest BCUT2D eigenvalue weighted by Crippen LogP contribution is 2.33. The number of rotatable bonds is 3. The summed E-state index contributed by atoms with van der Waals surface area (Å²) in [7, 11) is 0. The van der Waals surface area contributed by atoms with E-state index in [1.165, 1.54) is 18.2 Å². The van der Waals surface area contributed by atoms with E-state index in [2.05, 4.69) is 15.1 Å². The predicted octanol–water partition coefficient (Wildman–Crippen LogP) is 6.04. The maximum absolute atomic E-state index is 14.1. The van der Waals surface area contributed by atoms with E-state index in [0.29, 0.717) is 22.3 Å². The third kappa shape index (κ3) is 3.10. The van der Waals surface area contributed by atoms with E-state index in [4.69, 9.17) is 4.52 Å². The number of halogens is 3. The van der Waals surface area contributed by atoms with Crippen LogP contribution in [-0.2, 0) is 0 Å². The lowest BCUT2D eigenvalue weighted by molar-refractivity contribution is 0.431. The number of pyridine rings is 1. The highest BCUT2D eigenvalue weighted by Gasteiger charge is 2.20. The molecule has 0 aliphatic rings. The molecule has 146 valence electrons. The van der Waals surface area contributed by atoms with Crippen LogP contribution in [0.5, 0.6) is 0 Å². The SMILES string of the molecule is Fc1ccc(-c2cc(-c3nc(-c4c(F)cccc4F)no3)c3ccccc3n2)cc1. The molecule has 0 aliphatic heterocycles. The van der Waals surface area contributed by atoms with Crippen LogP contribution >= 0.6 is 0 Å². The predicted molar refractivity (Wildman–Crippen MR) is 106 cm³/mol. The van der Waals surface area contributed by atoms with Crippen LogP contribution in [0.15, 0.2) is 77.3 Å². The van der Waals surface area contributed by atoms with E-state index in [9.17, 15) is 13.2 Å². The summed E-state index contributed by atoms with van der Waals surface area (Å²) in [4.78, 5) is 8.85. The number of fused-ring (bicyclic) bond motifs is 1. The van der Waals surface area contributed by atoms with Crippen molar-refractivity contribution >= 4 is 10.9 Å². The van der Waals surface area contributed by atoms with Crippen LogP contribution in [-0.4, -0.2) is 15.1 Å². The van der Waals surface area contributed by atoms with Crippen LogP contribution in [0.25, 0.3) is 45.0 Å². The molecule has 30 heavy (non-hydrogen) atoms. The second-order valence-corrected chi connectivity index (χ2v) is 6.60. The quantitative estimate of drug-likeness (QED) is 0.369. The van der Waals surface area contributed by atoms with E-state index in [-0.39, 0.29) is 23.1 Å². The first-order valence-electron chi connectivity index (χ1n) is 9.04. The largest absolute Gasteiger partial charge is 0.334 e. The first kappa shape index (κ1) is 18.1. The van der Waals surface area contributed by atoms with Gasteiger partial charge in [0, 0.05) is 10.9 Å². The fraction of sp³-hybridized carbons (Fsp3) is 0. The minimum absolute atomic E-state index is 0.0922. The molecule has 0 saturated heterocycles. The number of para-hydroxylation sites is 1. The molecule has 0 saturated carbocycles. The summed E-state index contributed by atoms with van der Waals surface area (Å²) in [5, 5.41) is 4.50. The molecule has 0 spiro atoms. The summed E-state index contributed by atoms with van der Waals surface area (Å²) in [5.41, 5.74) is 2.12. The Morgan fingerprint density at radius 3 is 2.23 bits per heavy atom. The third-order valence-electron chi connectivity index (χ3n) is 4.70. The maximum atomic E-state index is 14.1. The number of hydrogen-bond donors (Lipinski definition) is 0. The minimum atomic E-state index is -0.783. The molecular formula is C23H12F3N3O. The van der Waals surface area contributed by atoms with E-state index in [1.807, 2.05) is 24.3 Å². The van der Waals surface area contributed by atoms with E-state index < -0.39 is 11.6 Å². The maximum Gasteiger partial charge on any atom is 0.259 e. The summed E-state index contributed by atoms with van der Waals surface area (Å²) in [6.45, 7) is 0. The van der Waals surface area contributed by atoms with Crippen LogP contribution in [0, 0.1) is 17.5 Å². The standard InChI is InChI=1S/C23H12F3N3O/c24-14-10-8-13(9-11-14)20-12-16(15-4-1-2-7-19(15)27-20)23-28-22(29-30-23)21-17(25)5-3-6-18(21)26/h1-12H. The van der Waals surface area contributed by atoms with Gasteiger partial charge in [0.15, 0.2) is 0 Å². The number of hydrogen-bond acceptors (Lipinski definition) is 4. The normalized spacial score (nSPS) is 11.2. The summed E-state index contributed by atoms with van der Waals surface area (Å²) >= 11 is 0. The van der Waals surface area contributed by atoms with Crippen molar-refractivity contribution in [3.05, 3.63) is 90.2 Å². The van der Waals surface area contributed by atoms with E-state index in [0.717, 1.165) is 17.5 Å². The number of aromatic nitrogens is 3. The summed E-state index contributed by atoms with van der Waals surface area (Å²) < 4.78 is 46.9. The minimum Gasteiger partial charge on any atom is -0.334 e. The van der Waals surface area contributed by atoms with Crippen molar-refractivity contribution in [1.29, 1.82) is 0 Å². The second kappa shape index (κ2) is 7.11. The van der Waals surface area contributed by atoms with Crippen molar-refractivity contribution in [2.45, 2.75) is 0 Å². The molecule has 2 aromatic heterocycles. The van der Waals surface area contributed by atoms with E-state index >= 15 is 0 Å². The zero-order valence-electron chi connectivity index (χ0n) is 15.3. The molecule has 0 radical (unpaired) electrons. The molecular weight excluding hydrogens is 391 g/mol. The molecule has 0 aliphatic carbocycles. The van der Waals surface area contributed by atoms with Gasteiger partial charge in [0.1, 0.15) is 17.5 Å². The van der Waals surface area contributed by atoms with Gasteiger partial charge in [0.05, 0.1) is 22.3 Å². The lowest BCUT2D eigenvalue weighted by atomic mass is 10.0. The van der Waals surface area contributed by atoms with Gasteiger partial charge >= 0.3 is 0 Å². The lowest BCUT2D eigenvalue weighted by Gasteiger charge is -2.07. The number of benzene rings is 3. The summed E-state index contributed by atoms with van der Waals surface area (Å²) in [6.07, 6.45) is 0. The fourth-order valence-corrected chi connectivity index (χ4v) is 3.27. The molecule has 0 amide bonds. The average Bonchev–Trinajstić information content (AvgIpc) is 3.23. The molecule has 5 rings (SSSR count). The van der Waals surface area contributed by atoms with Crippen LogP contribution in [0.2, 0.25) is 0 Å². The Balaban J connectivity index is 1.69. The second-order valence-electron chi connectivity index (χ2n) is 6.60. The smallest absolute Gasteiger partial charge is 0.259 e. The Kier molecular flexibility index (Phi) is 4.28. The fourth-order valence-electron chi connectivity index (χ4n) is 3.27. The van der Waals surface area contributed by atoms with Gasteiger partial charge in [-0.3, -0.25) is 0 Å². The molecule has 0 atom stereocenters. The first-order chi connectivity index (χ1) is 14.6. The van der Waals surface area contributed by atoms with Gasteiger partial charge in [-0.1, -0.05) is 29.4 Å². The molecule has 0 fully saturated rings. The molecule has 0 N–H and O–H groups in total. The van der Waals surface area contributed by atoms with Gasteiger partial charge in [-0.05, 0) is 48.5 Å². The Bertz CT molecular complexity index is 1360. The van der Waals surface area contributed by atoms with Crippen molar-refractivity contribution in [1.82, 2.24) is 15.1 Å². The topological polar surface area (TPSA) is 51.8 Å². The number of nitrogens with zero attached hydrogens (tertiary/aromatic N) is 3. The first-order valence-corrected chi connectivity index (χ1v) is 9.04. The molecule has 2 heterocycles. The molecule has 0 bridgehead atoms. The Hall–Kier alpha value is -4.00. The van der Waals surface area contributed by atoms with E-state index in [1.54, 1.807) is 18.2 Å². The van der Waals surface area contributed by atoms with Crippen molar-refractivity contribution in [2.75, 3.05) is 0 Å². The Morgan fingerprint density at radius 2 is 1.47 bits per heavy atom. The molecule has 0 unspecified atom stereocenters. The van der Waals surface area contributed by atoms with Gasteiger partial charge in [-0.2, -0.15) is 4.98 Å². The highest BCUT2D eigenvalue weighted by molar-refractivity contribution is 5.94. The van der Waals surface area contributed by atoms with Crippen LogP contribution in [0.3, 0.4) is 0 Å². The van der Waals surface area contributed by atoms with Gasteiger partial charge in [0.2, 0.25) is 5.82 Å². The van der Waals surface area contributed by atoms with Crippen molar-refractivity contribution in [3.8, 4) is 34.1 Å². The summed E-state index contributed by atoms with van der Waals surface area (Å²) in [5.74, 6) is -2.02. The molecule has 4 nitrogen and oxygen atoms in total. The lowest BCUT2D eigenvalue weighted by Crippen LogP contribution is -1.92. The van der Waals surface area contributed by atoms with Crippen LogP contribution in [0.1, 0.15) is 0 Å². The van der Waals surface area contributed by atoms with Gasteiger partial charge in [-0.25, -0.2) is 18.2 Å². The van der Waals surface area contributed by atoms with Gasteiger partial charge in [0.25, 0.3) is 5.89 Å². The molecule has 3 aromatic carbocycles. The van der Waals surface area contributed by atoms with Gasteiger partial charge in [-0.15, -0.1) is 0 Å². The molecule has 7 heteroatoms. The zero-order valence-corrected chi connectivity index (χ0v) is 15.3. The zero-order chi connectivity index (χ0) is 20.7. The monoisotopic (exact) mass is 403 g/mol. The average molecular weight is 403 g/mol. The summed E-state index contributed by atoms with van der Waals surface area (Å²) in [6, 6.07) is 18.5. The van der Waals surface area contributed by atoms with Crippen LogP contribution < -0.4 is 0 Å². The van der Waals surface area contributed by atoms with Gasteiger partial charge < -0.3 is 4.52 Å².